The van der Waals surface area contributed by atoms with E-state index in [-0.39, 0.29) is 24.6 Å². The lowest BCUT2D eigenvalue weighted by Gasteiger charge is -2.33. The van der Waals surface area contributed by atoms with Crippen LogP contribution >= 0.6 is 34.3 Å². The van der Waals surface area contributed by atoms with Gasteiger partial charge in [0.05, 0.1) is 23.5 Å². The summed E-state index contributed by atoms with van der Waals surface area (Å²) in [5.74, 6) is -0.0124. The molecule has 0 unspecified atom stereocenters. The van der Waals surface area contributed by atoms with Crippen LogP contribution in [0.25, 0.3) is 5.57 Å². The van der Waals surface area contributed by atoms with Gasteiger partial charge in [0.2, 0.25) is 0 Å². The van der Waals surface area contributed by atoms with Gasteiger partial charge >= 0.3 is 6.03 Å². The predicted octanol–water partition coefficient (Wildman–Crippen LogP) is 4.39. The Hall–Kier alpha value is -1.87. The molecule has 0 bridgehead atoms. The third-order valence-electron chi connectivity index (χ3n) is 4.68. The van der Waals surface area contributed by atoms with Gasteiger partial charge in [-0.2, -0.15) is 0 Å². The first kappa shape index (κ1) is 21.8. The Morgan fingerprint density at radius 3 is 2.79 bits per heavy atom. The highest BCUT2D eigenvalue weighted by molar-refractivity contribution is 7.16. The zero-order valence-electron chi connectivity index (χ0n) is 16.6. The van der Waals surface area contributed by atoms with Crippen LogP contribution in [-0.2, 0) is 6.54 Å². The van der Waals surface area contributed by atoms with E-state index in [4.69, 9.17) is 17.0 Å². The number of nitrogens with one attached hydrogen (secondary N) is 2. The van der Waals surface area contributed by atoms with Crippen LogP contribution in [0.1, 0.15) is 29.2 Å². The van der Waals surface area contributed by atoms with Crippen molar-refractivity contribution in [3.8, 4) is 0 Å². The smallest absolute Gasteiger partial charge is 0.324 e. The SMILES string of the molecule is Cc1csc(C2=CCN(C(=N)NC(=O)N(Cc3ccc(Cl)s3)C(C)C)C[C@@H]2O)c1. The molecule has 0 saturated carbocycles. The molecule has 1 aliphatic rings. The highest BCUT2D eigenvalue weighted by atomic mass is 35.5. The van der Waals surface area contributed by atoms with Crippen molar-refractivity contribution in [2.45, 2.75) is 39.5 Å². The number of rotatable bonds is 4. The van der Waals surface area contributed by atoms with E-state index >= 15 is 0 Å². The summed E-state index contributed by atoms with van der Waals surface area (Å²) in [6, 6.07) is 5.39. The van der Waals surface area contributed by atoms with Crippen LogP contribution < -0.4 is 5.32 Å². The highest BCUT2D eigenvalue weighted by Crippen LogP contribution is 2.28. The maximum absolute atomic E-state index is 12.8. The second kappa shape index (κ2) is 9.30. The number of aliphatic hydroxyl groups is 1. The molecule has 0 radical (unpaired) electrons. The lowest BCUT2D eigenvalue weighted by atomic mass is 10.0. The van der Waals surface area contributed by atoms with E-state index in [2.05, 4.69) is 16.8 Å². The highest BCUT2D eigenvalue weighted by Gasteiger charge is 2.26. The number of urea groups is 1. The summed E-state index contributed by atoms with van der Waals surface area (Å²) >= 11 is 9.03. The van der Waals surface area contributed by atoms with Gasteiger partial charge in [-0.25, -0.2) is 4.79 Å². The Kier molecular flexibility index (Phi) is 7.00. The number of amides is 2. The summed E-state index contributed by atoms with van der Waals surface area (Å²) in [5.41, 5.74) is 2.05. The molecule has 3 N–H and O–H groups in total. The molecule has 2 aromatic heterocycles. The average Bonchev–Trinajstić information content (AvgIpc) is 3.27. The van der Waals surface area contributed by atoms with Crippen molar-refractivity contribution < 1.29 is 9.90 Å². The van der Waals surface area contributed by atoms with E-state index < -0.39 is 6.10 Å². The monoisotopic (exact) mass is 452 g/mol. The first-order chi connectivity index (χ1) is 13.7. The molecular formula is C20H25ClN4O2S2. The van der Waals surface area contributed by atoms with E-state index in [0.29, 0.717) is 17.4 Å². The first-order valence-corrected chi connectivity index (χ1v) is 11.4. The minimum atomic E-state index is -0.700. The fraction of sp³-hybridized carbons (Fsp3) is 0.400. The quantitative estimate of drug-likeness (QED) is 0.475. The van der Waals surface area contributed by atoms with Crippen LogP contribution in [0.4, 0.5) is 4.79 Å². The molecule has 2 aromatic rings. The molecule has 0 aliphatic carbocycles. The number of aryl methyl sites for hydroxylation is 1. The topological polar surface area (TPSA) is 79.7 Å². The number of guanidine groups is 1. The number of nitrogens with zero attached hydrogens (tertiary/aromatic N) is 2. The molecule has 0 aromatic carbocycles. The fourth-order valence-electron chi connectivity index (χ4n) is 3.10. The molecule has 2 amide bonds. The van der Waals surface area contributed by atoms with Crippen molar-refractivity contribution in [3.05, 3.63) is 49.3 Å². The van der Waals surface area contributed by atoms with Crippen molar-refractivity contribution >= 4 is 51.8 Å². The largest absolute Gasteiger partial charge is 0.387 e. The van der Waals surface area contributed by atoms with Gasteiger partial charge in [0.1, 0.15) is 0 Å². The van der Waals surface area contributed by atoms with Gasteiger partial charge in [-0.15, -0.1) is 22.7 Å². The normalized spacial score (nSPS) is 16.7. The number of carbonyl (C=O) groups excluding carboxylic acids is 1. The van der Waals surface area contributed by atoms with E-state index in [1.165, 1.54) is 16.9 Å². The van der Waals surface area contributed by atoms with Crippen molar-refractivity contribution in [2.75, 3.05) is 13.1 Å². The van der Waals surface area contributed by atoms with Gasteiger partial charge in [0, 0.05) is 22.3 Å². The summed E-state index contributed by atoms with van der Waals surface area (Å²) in [6.07, 6.45) is 1.22. The summed E-state index contributed by atoms with van der Waals surface area (Å²) < 4.78 is 0.683. The van der Waals surface area contributed by atoms with Crippen LogP contribution in [-0.4, -0.2) is 52.1 Å². The number of hydrogen-bond acceptors (Lipinski definition) is 5. The summed E-state index contributed by atoms with van der Waals surface area (Å²) in [4.78, 5) is 18.1. The van der Waals surface area contributed by atoms with E-state index in [1.807, 2.05) is 39.0 Å². The molecule has 6 nitrogen and oxygen atoms in total. The zero-order valence-corrected chi connectivity index (χ0v) is 19.0. The molecule has 156 valence electrons. The third-order valence-corrected chi connectivity index (χ3v) is 6.99. The molecule has 3 heterocycles. The molecule has 0 fully saturated rings. The number of carbonyl (C=O) groups is 1. The van der Waals surface area contributed by atoms with Crippen LogP contribution in [0.5, 0.6) is 0 Å². The summed E-state index contributed by atoms with van der Waals surface area (Å²) in [7, 11) is 0. The molecule has 1 aliphatic heterocycles. The van der Waals surface area contributed by atoms with Gasteiger partial charge in [0.15, 0.2) is 5.96 Å². The molecule has 0 saturated heterocycles. The van der Waals surface area contributed by atoms with Crippen molar-refractivity contribution in [3.63, 3.8) is 0 Å². The maximum atomic E-state index is 12.8. The molecule has 3 rings (SSSR count). The van der Waals surface area contributed by atoms with Gasteiger partial charge in [-0.3, -0.25) is 10.7 Å². The zero-order chi connectivity index (χ0) is 21.1. The Bertz CT molecular complexity index is 921. The lowest BCUT2D eigenvalue weighted by molar-refractivity contribution is 0.176. The number of hydrogen-bond donors (Lipinski definition) is 3. The van der Waals surface area contributed by atoms with Crippen molar-refractivity contribution in [1.29, 1.82) is 5.41 Å². The number of β-amino-alcohol motifs (C(OH)–C–C–N with tert-alkyl or cyclic N) is 1. The standard InChI is InChI=1S/C20H25ClN4O2S2/c1-12(2)25(9-14-4-5-18(21)29-14)20(27)23-19(22)24-7-6-15(16(26)10-24)17-8-13(3)11-28-17/h4-6,8,11-12,16,26H,7,9-10H2,1-3H3,(H2,22,23,27)/t16-/m0/s1. The summed E-state index contributed by atoms with van der Waals surface area (Å²) in [6.45, 7) is 7.05. The number of aliphatic hydroxyl groups excluding tert-OH is 1. The predicted molar refractivity (Wildman–Crippen MR) is 121 cm³/mol. The van der Waals surface area contributed by atoms with Crippen LogP contribution in [0.3, 0.4) is 0 Å². The second-order valence-corrected chi connectivity index (χ2v) is 9.99. The fourth-order valence-corrected chi connectivity index (χ4v) is 5.18. The molecule has 9 heteroatoms. The van der Waals surface area contributed by atoms with Crippen LogP contribution in [0.15, 0.2) is 29.7 Å². The van der Waals surface area contributed by atoms with Crippen LogP contribution in [0.2, 0.25) is 4.34 Å². The van der Waals surface area contributed by atoms with E-state index in [0.717, 1.165) is 15.3 Å². The lowest BCUT2D eigenvalue weighted by Crippen LogP contribution is -2.52. The maximum Gasteiger partial charge on any atom is 0.324 e. The second-order valence-electron chi connectivity index (χ2n) is 7.27. The Morgan fingerprint density at radius 2 is 2.24 bits per heavy atom. The molecule has 29 heavy (non-hydrogen) atoms. The Morgan fingerprint density at radius 1 is 1.48 bits per heavy atom. The third kappa shape index (κ3) is 5.39. The number of thiophene rings is 2. The van der Waals surface area contributed by atoms with Gasteiger partial charge < -0.3 is 14.9 Å². The molecular weight excluding hydrogens is 428 g/mol. The minimum Gasteiger partial charge on any atom is -0.387 e. The number of halogens is 1. The molecule has 0 spiro atoms. The molecule has 1 atom stereocenters. The van der Waals surface area contributed by atoms with Gasteiger partial charge in [0.25, 0.3) is 0 Å². The van der Waals surface area contributed by atoms with Crippen molar-refractivity contribution in [1.82, 2.24) is 15.1 Å². The van der Waals surface area contributed by atoms with Gasteiger partial charge in [-0.1, -0.05) is 17.7 Å². The van der Waals surface area contributed by atoms with Gasteiger partial charge in [-0.05, 0) is 55.5 Å². The Balaban J connectivity index is 1.62. The first-order valence-electron chi connectivity index (χ1n) is 9.33. The minimum absolute atomic E-state index is 0.0124. The van der Waals surface area contributed by atoms with Crippen molar-refractivity contribution in [2.24, 2.45) is 0 Å². The summed E-state index contributed by atoms with van der Waals surface area (Å²) in [5, 5.41) is 23.6. The van der Waals surface area contributed by atoms with E-state index in [9.17, 15) is 9.90 Å². The Labute approximate surface area is 183 Å². The van der Waals surface area contributed by atoms with E-state index in [1.54, 1.807) is 21.1 Å². The average molecular weight is 453 g/mol. The van der Waals surface area contributed by atoms with Crippen LogP contribution in [0, 0.1) is 12.3 Å².